The fourth-order valence-corrected chi connectivity index (χ4v) is 4.07. The van der Waals surface area contributed by atoms with E-state index < -0.39 is 18.5 Å². The molecule has 2 aliphatic rings. The Kier molecular flexibility index (Phi) is 7.11. The molecule has 0 spiro atoms. The van der Waals surface area contributed by atoms with Gasteiger partial charge in [-0.3, -0.25) is 5.41 Å². The lowest BCUT2D eigenvalue weighted by molar-refractivity contribution is 0.116. The molecule has 1 aromatic carbocycles. The Bertz CT molecular complexity index is 1220. The lowest BCUT2D eigenvalue weighted by Gasteiger charge is -2.25. The number of nitrogen functional groups attached to an aromatic ring is 1. The van der Waals surface area contributed by atoms with Gasteiger partial charge in [-0.05, 0) is 49.9 Å². The summed E-state index contributed by atoms with van der Waals surface area (Å²) in [6.45, 7) is 1.96. The van der Waals surface area contributed by atoms with Crippen LogP contribution in [0.2, 0.25) is 0 Å². The number of halogens is 1. The Morgan fingerprint density at radius 2 is 2.11 bits per heavy atom. The van der Waals surface area contributed by atoms with Crippen LogP contribution in [0.3, 0.4) is 0 Å². The number of nitrogens with two attached hydrogens (primary N) is 1. The van der Waals surface area contributed by atoms with Crippen molar-refractivity contribution in [1.29, 1.82) is 10.8 Å². The van der Waals surface area contributed by atoms with Gasteiger partial charge in [-0.15, -0.1) is 0 Å². The number of hydrazone groups is 1. The van der Waals surface area contributed by atoms with Crippen molar-refractivity contribution < 1.29 is 14.2 Å². The molecule has 0 amide bonds. The summed E-state index contributed by atoms with van der Waals surface area (Å²) in [4.78, 5) is 4.30. The predicted octanol–water partition coefficient (Wildman–Crippen LogP) is 3.01. The van der Waals surface area contributed by atoms with Crippen molar-refractivity contribution in [3.8, 4) is 5.75 Å². The molecule has 1 atom stereocenters. The van der Waals surface area contributed by atoms with E-state index in [0.717, 1.165) is 19.4 Å². The van der Waals surface area contributed by atoms with Gasteiger partial charge in [0, 0.05) is 59.9 Å². The summed E-state index contributed by atoms with van der Waals surface area (Å²) in [6, 6.07) is 5.68. The molecule has 4 rings (SSSR count). The van der Waals surface area contributed by atoms with Gasteiger partial charge in [0.15, 0.2) is 11.6 Å². The van der Waals surface area contributed by atoms with Gasteiger partial charge in [-0.2, -0.15) is 5.10 Å². The van der Waals surface area contributed by atoms with Gasteiger partial charge in [0.25, 0.3) is 0 Å². The number of ether oxygens (including phenoxy) is 1. The van der Waals surface area contributed by atoms with E-state index >= 15 is 0 Å². The molecular formula is C25H30FN7O2. The number of pyridine rings is 1. The van der Waals surface area contributed by atoms with Crippen molar-refractivity contribution in [2.24, 2.45) is 11.0 Å². The first-order valence-electron chi connectivity index (χ1n) is 11.5. The highest BCUT2D eigenvalue weighted by atomic mass is 19.1. The second kappa shape index (κ2) is 10.2. The van der Waals surface area contributed by atoms with Gasteiger partial charge >= 0.3 is 0 Å². The van der Waals surface area contributed by atoms with Crippen molar-refractivity contribution in [3.05, 3.63) is 58.5 Å². The quantitative estimate of drug-likeness (QED) is 0.277. The van der Waals surface area contributed by atoms with E-state index in [9.17, 15) is 9.50 Å². The van der Waals surface area contributed by atoms with Crippen LogP contribution in [0.5, 0.6) is 5.75 Å². The molecule has 1 aliphatic carbocycles. The summed E-state index contributed by atoms with van der Waals surface area (Å²) < 4.78 is 20.3. The number of aliphatic hydroxyl groups is 1. The molecule has 10 heteroatoms. The maximum Gasteiger partial charge on any atom is 0.166 e. The van der Waals surface area contributed by atoms with E-state index in [1.165, 1.54) is 18.2 Å². The van der Waals surface area contributed by atoms with Crippen LogP contribution in [0.25, 0.3) is 5.70 Å². The Morgan fingerprint density at radius 3 is 2.77 bits per heavy atom. The number of hydrogen-bond donors (Lipinski definition) is 6. The monoisotopic (exact) mass is 479 g/mol. The highest BCUT2D eigenvalue weighted by Gasteiger charge is 2.27. The van der Waals surface area contributed by atoms with Crippen molar-refractivity contribution in [1.82, 2.24) is 15.7 Å². The summed E-state index contributed by atoms with van der Waals surface area (Å²) >= 11 is 0. The van der Waals surface area contributed by atoms with Gasteiger partial charge in [0.05, 0.1) is 18.0 Å². The van der Waals surface area contributed by atoms with Crippen LogP contribution in [0.4, 0.5) is 10.2 Å². The molecule has 0 saturated heterocycles. The number of benzene rings is 1. The van der Waals surface area contributed by atoms with Crippen molar-refractivity contribution in [2.75, 3.05) is 25.9 Å². The first-order valence-corrected chi connectivity index (χ1v) is 11.5. The zero-order valence-electron chi connectivity index (χ0n) is 19.8. The summed E-state index contributed by atoms with van der Waals surface area (Å²) in [5, 5.41) is 35.5. The van der Waals surface area contributed by atoms with Crippen LogP contribution in [0.1, 0.15) is 49.0 Å². The number of nitrogens with one attached hydrogen (secondary N) is 4. The Hall–Kier alpha value is -3.79. The first-order chi connectivity index (χ1) is 16.8. The molecule has 1 saturated carbocycles. The number of fused-ring (bicyclic) bond motifs is 3. The predicted molar refractivity (Wildman–Crippen MR) is 134 cm³/mol. The molecule has 1 aromatic heterocycles. The molecule has 2 bridgehead atoms. The minimum atomic E-state index is -0.994. The van der Waals surface area contributed by atoms with Crippen molar-refractivity contribution in [3.63, 3.8) is 0 Å². The van der Waals surface area contributed by atoms with Gasteiger partial charge < -0.3 is 31.7 Å². The zero-order chi connectivity index (χ0) is 25.1. The third-order valence-electron chi connectivity index (χ3n) is 6.13. The number of aromatic nitrogens is 1. The number of hydrogen-bond acceptors (Lipinski definition) is 9. The molecule has 184 valence electrons. The van der Waals surface area contributed by atoms with E-state index in [1.807, 2.05) is 0 Å². The number of aliphatic hydroxyl groups excluding tert-OH is 1. The molecule has 2 heterocycles. The van der Waals surface area contributed by atoms with E-state index in [4.69, 9.17) is 21.3 Å². The number of allylic oxidation sites excluding steroid dienone is 1. The molecule has 9 nitrogen and oxygen atoms in total. The van der Waals surface area contributed by atoms with Gasteiger partial charge in [0.2, 0.25) is 0 Å². The number of anilines is 1. The minimum absolute atomic E-state index is 0.0343. The SMILES string of the molecule is CN/N=C1/C/C(C(C)=N)=C(/NCC2CC2)c2cnc(N)c(c2)OC(CO)c2cc(F)ccc2C1=N. The van der Waals surface area contributed by atoms with Crippen LogP contribution in [0, 0.1) is 22.6 Å². The zero-order valence-corrected chi connectivity index (χ0v) is 19.8. The van der Waals surface area contributed by atoms with E-state index in [0.29, 0.717) is 39.7 Å². The lowest BCUT2D eigenvalue weighted by atomic mass is 9.91. The summed E-state index contributed by atoms with van der Waals surface area (Å²) in [7, 11) is 1.63. The fourth-order valence-electron chi connectivity index (χ4n) is 4.07. The van der Waals surface area contributed by atoms with Crippen LogP contribution in [0.15, 0.2) is 41.1 Å². The fraction of sp³-hybridized carbons (Fsp3) is 0.360. The normalized spacial score (nSPS) is 21.4. The van der Waals surface area contributed by atoms with E-state index in [2.05, 4.69) is 20.8 Å². The molecule has 0 radical (unpaired) electrons. The van der Waals surface area contributed by atoms with Gasteiger partial charge in [-0.1, -0.05) is 0 Å². The average molecular weight is 480 g/mol. The molecule has 35 heavy (non-hydrogen) atoms. The number of nitrogens with zero attached hydrogens (tertiary/aromatic N) is 2. The smallest absolute Gasteiger partial charge is 0.166 e. The maximum absolute atomic E-state index is 14.3. The second-order valence-corrected chi connectivity index (χ2v) is 8.76. The Balaban J connectivity index is 1.96. The lowest BCUT2D eigenvalue weighted by Crippen LogP contribution is -2.26. The van der Waals surface area contributed by atoms with Crippen LogP contribution >= 0.6 is 0 Å². The van der Waals surface area contributed by atoms with Crippen LogP contribution < -0.4 is 21.2 Å². The molecular weight excluding hydrogens is 449 g/mol. The topological polar surface area (TPSA) is 152 Å². The van der Waals surface area contributed by atoms with Crippen molar-refractivity contribution in [2.45, 2.75) is 32.3 Å². The second-order valence-electron chi connectivity index (χ2n) is 8.76. The van der Waals surface area contributed by atoms with Crippen LogP contribution in [-0.2, 0) is 0 Å². The summed E-state index contributed by atoms with van der Waals surface area (Å²) in [5.41, 5.74) is 12.2. The summed E-state index contributed by atoms with van der Waals surface area (Å²) in [6.07, 6.45) is 3.08. The molecule has 1 fully saturated rings. The molecule has 7 N–H and O–H groups in total. The molecule has 1 aliphatic heterocycles. The Morgan fingerprint density at radius 1 is 1.34 bits per heavy atom. The largest absolute Gasteiger partial charge is 0.479 e. The summed E-state index contributed by atoms with van der Waals surface area (Å²) in [5.74, 6) is 0.378. The maximum atomic E-state index is 14.3. The average Bonchev–Trinajstić information content (AvgIpc) is 3.66. The van der Waals surface area contributed by atoms with E-state index in [1.54, 1.807) is 26.2 Å². The standard InChI is InChI=1S/C25H30FN7O2/c1-13(27)18-9-20(33-30-2)23(28)17-6-5-16(26)8-19(17)22(12-34)35-21-7-15(11-32-25(21)29)24(18)31-10-14-3-4-14/h5-8,11,14,22,27-28,30-31,34H,3-4,9-10,12H2,1-2H3,(H2,29,32)/b24-18-,27-13?,28-23?,33-20-. The molecule has 1 unspecified atom stereocenters. The first kappa shape index (κ1) is 24.3. The van der Waals surface area contributed by atoms with Gasteiger partial charge in [0.1, 0.15) is 11.9 Å². The third kappa shape index (κ3) is 5.32. The highest BCUT2D eigenvalue weighted by molar-refractivity contribution is 6.48. The molecule has 2 aromatic rings. The Labute approximate surface area is 203 Å². The highest BCUT2D eigenvalue weighted by Crippen LogP contribution is 2.34. The van der Waals surface area contributed by atoms with Gasteiger partial charge in [-0.25, -0.2) is 9.37 Å². The van der Waals surface area contributed by atoms with Crippen molar-refractivity contribution >= 4 is 28.6 Å². The van der Waals surface area contributed by atoms with E-state index in [-0.39, 0.29) is 29.3 Å². The van der Waals surface area contributed by atoms with Crippen LogP contribution in [-0.4, -0.2) is 47.4 Å². The third-order valence-corrected chi connectivity index (χ3v) is 6.13. The number of rotatable bonds is 6. The minimum Gasteiger partial charge on any atom is -0.479 e.